The lowest BCUT2D eigenvalue weighted by molar-refractivity contribution is 0.332. The zero-order valence-electron chi connectivity index (χ0n) is 13.1. The molecular weight excluding hydrogens is 232 g/mol. The topological polar surface area (TPSA) is 15.3 Å². The SMILES string of the molecule is CCc1ccc(N2CC(C)(C)CNC(C)(C)C2)cc1. The number of nitrogens with one attached hydrogen (secondary N) is 1. The molecule has 0 amide bonds. The fraction of sp³-hybridized carbons (Fsp3) is 0.647. The van der Waals surface area contributed by atoms with Crippen molar-refractivity contribution in [2.45, 2.75) is 46.6 Å². The van der Waals surface area contributed by atoms with Crippen LogP contribution in [0.1, 0.15) is 40.2 Å². The molecule has 0 aliphatic carbocycles. The van der Waals surface area contributed by atoms with E-state index < -0.39 is 0 Å². The molecule has 1 aliphatic rings. The van der Waals surface area contributed by atoms with Gasteiger partial charge in [-0.2, -0.15) is 0 Å². The first-order chi connectivity index (χ1) is 8.81. The second-order valence-electron chi connectivity index (χ2n) is 7.28. The van der Waals surface area contributed by atoms with Gasteiger partial charge in [-0.3, -0.25) is 0 Å². The lowest BCUT2D eigenvalue weighted by Gasteiger charge is -2.33. The van der Waals surface area contributed by atoms with Crippen molar-refractivity contribution in [3.8, 4) is 0 Å². The standard InChI is InChI=1S/C17H28N2/c1-6-14-7-9-15(10-8-14)19-12-16(2,3)11-18-17(4,5)13-19/h7-10,18H,6,11-13H2,1-5H3. The van der Waals surface area contributed by atoms with Crippen LogP contribution in [-0.4, -0.2) is 25.2 Å². The minimum absolute atomic E-state index is 0.164. The number of aryl methyl sites for hydroxylation is 1. The summed E-state index contributed by atoms with van der Waals surface area (Å²) in [6.45, 7) is 14.7. The Morgan fingerprint density at radius 1 is 1.05 bits per heavy atom. The fourth-order valence-corrected chi connectivity index (χ4v) is 2.77. The Labute approximate surface area is 118 Å². The van der Waals surface area contributed by atoms with Crippen LogP contribution >= 0.6 is 0 Å². The summed E-state index contributed by atoms with van der Waals surface area (Å²) in [6.07, 6.45) is 1.11. The summed E-state index contributed by atoms with van der Waals surface area (Å²) in [7, 11) is 0. The average Bonchev–Trinajstić information content (AvgIpc) is 2.46. The molecule has 1 fully saturated rings. The first-order valence-corrected chi connectivity index (χ1v) is 7.40. The van der Waals surface area contributed by atoms with E-state index >= 15 is 0 Å². The van der Waals surface area contributed by atoms with Crippen LogP contribution in [0.15, 0.2) is 24.3 Å². The minimum atomic E-state index is 0.164. The molecule has 0 aromatic heterocycles. The molecule has 2 heteroatoms. The van der Waals surface area contributed by atoms with Gasteiger partial charge in [-0.05, 0) is 43.4 Å². The molecule has 0 radical (unpaired) electrons. The van der Waals surface area contributed by atoms with Crippen molar-refractivity contribution in [1.82, 2.24) is 5.32 Å². The summed E-state index contributed by atoms with van der Waals surface area (Å²) in [5.41, 5.74) is 3.23. The smallest absolute Gasteiger partial charge is 0.0367 e. The van der Waals surface area contributed by atoms with Crippen molar-refractivity contribution >= 4 is 5.69 Å². The Morgan fingerprint density at radius 3 is 2.26 bits per heavy atom. The molecule has 2 nitrogen and oxygen atoms in total. The van der Waals surface area contributed by atoms with Gasteiger partial charge in [0.2, 0.25) is 0 Å². The van der Waals surface area contributed by atoms with E-state index in [1.54, 1.807) is 0 Å². The summed E-state index contributed by atoms with van der Waals surface area (Å²) in [5.74, 6) is 0. The highest BCUT2D eigenvalue weighted by molar-refractivity contribution is 5.48. The van der Waals surface area contributed by atoms with Gasteiger partial charge in [-0.1, -0.05) is 32.9 Å². The van der Waals surface area contributed by atoms with Gasteiger partial charge in [0, 0.05) is 30.9 Å². The third-order valence-corrected chi connectivity index (χ3v) is 3.96. The normalized spacial score (nSPS) is 22.1. The first-order valence-electron chi connectivity index (χ1n) is 7.40. The van der Waals surface area contributed by atoms with Crippen LogP contribution in [0.25, 0.3) is 0 Å². The van der Waals surface area contributed by atoms with Gasteiger partial charge in [0.25, 0.3) is 0 Å². The second-order valence-corrected chi connectivity index (χ2v) is 7.28. The number of anilines is 1. The maximum Gasteiger partial charge on any atom is 0.0367 e. The predicted octanol–water partition coefficient (Wildman–Crippen LogP) is 3.46. The van der Waals surface area contributed by atoms with Crippen molar-refractivity contribution in [3.05, 3.63) is 29.8 Å². The van der Waals surface area contributed by atoms with Crippen molar-refractivity contribution in [2.24, 2.45) is 5.41 Å². The Hall–Kier alpha value is -1.02. The highest BCUT2D eigenvalue weighted by Crippen LogP contribution is 2.27. The van der Waals surface area contributed by atoms with Gasteiger partial charge in [0.15, 0.2) is 0 Å². The van der Waals surface area contributed by atoms with Crippen molar-refractivity contribution in [2.75, 3.05) is 24.5 Å². The van der Waals surface area contributed by atoms with E-state index in [1.807, 2.05) is 0 Å². The molecule has 106 valence electrons. The highest BCUT2D eigenvalue weighted by Gasteiger charge is 2.32. The van der Waals surface area contributed by atoms with E-state index in [9.17, 15) is 0 Å². The Bertz CT molecular complexity index is 399. The molecule has 1 N–H and O–H groups in total. The molecule has 1 heterocycles. The van der Waals surface area contributed by atoms with Crippen LogP contribution in [-0.2, 0) is 6.42 Å². The molecule has 1 aliphatic heterocycles. The fourth-order valence-electron chi connectivity index (χ4n) is 2.77. The highest BCUT2D eigenvalue weighted by atomic mass is 15.2. The van der Waals surface area contributed by atoms with E-state index in [-0.39, 0.29) is 5.54 Å². The summed E-state index contributed by atoms with van der Waals surface area (Å²) < 4.78 is 0. The Balaban J connectivity index is 2.24. The maximum atomic E-state index is 3.69. The molecule has 1 saturated heterocycles. The van der Waals surface area contributed by atoms with Crippen LogP contribution in [0, 0.1) is 5.41 Å². The van der Waals surface area contributed by atoms with Crippen molar-refractivity contribution in [3.63, 3.8) is 0 Å². The van der Waals surface area contributed by atoms with E-state index in [1.165, 1.54) is 11.3 Å². The van der Waals surface area contributed by atoms with Gasteiger partial charge in [-0.15, -0.1) is 0 Å². The molecule has 0 bridgehead atoms. The van der Waals surface area contributed by atoms with Crippen LogP contribution in [0.2, 0.25) is 0 Å². The molecular formula is C17H28N2. The number of benzene rings is 1. The van der Waals surface area contributed by atoms with E-state index in [0.29, 0.717) is 5.41 Å². The van der Waals surface area contributed by atoms with Gasteiger partial charge >= 0.3 is 0 Å². The van der Waals surface area contributed by atoms with Crippen molar-refractivity contribution in [1.29, 1.82) is 0 Å². The number of rotatable bonds is 2. The monoisotopic (exact) mass is 260 g/mol. The second kappa shape index (κ2) is 5.16. The van der Waals surface area contributed by atoms with Crippen LogP contribution in [0.5, 0.6) is 0 Å². The summed E-state index contributed by atoms with van der Waals surface area (Å²) in [6, 6.07) is 9.06. The summed E-state index contributed by atoms with van der Waals surface area (Å²) in [5, 5.41) is 3.69. The largest absolute Gasteiger partial charge is 0.369 e. The lowest BCUT2D eigenvalue weighted by Crippen LogP contribution is -2.46. The average molecular weight is 260 g/mol. The van der Waals surface area contributed by atoms with Gasteiger partial charge in [0.05, 0.1) is 0 Å². The molecule has 0 unspecified atom stereocenters. The summed E-state index contributed by atoms with van der Waals surface area (Å²) >= 11 is 0. The zero-order valence-corrected chi connectivity index (χ0v) is 13.1. The van der Waals surface area contributed by atoms with Gasteiger partial charge in [0.1, 0.15) is 0 Å². The van der Waals surface area contributed by atoms with Gasteiger partial charge < -0.3 is 10.2 Å². The molecule has 0 saturated carbocycles. The zero-order chi connectivity index (χ0) is 14.1. The number of hydrogen-bond donors (Lipinski definition) is 1. The van der Waals surface area contributed by atoms with Crippen molar-refractivity contribution < 1.29 is 0 Å². The minimum Gasteiger partial charge on any atom is -0.369 e. The first kappa shape index (κ1) is 14.4. The van der Waals surface area contributed by atoms with E-state index in [0.717, 1.165) is 26.1 Å². The third kappa shape index (κ3) is 3.73. The third-order valence-electron chi connectivity index (χ3n) is 3.96. The van der Waals surface area contributed by atoms with E-state index in [2.05, 4.69) is 69.1 Å². The maximum absolute atomic E-state index is 3.69. The van der Waals surface area contributed by atoms with E-state index in [4.69, 9.17) is 0 Å². The molecule has 2 rings (SSSR count). The van der Waals surface area contributed by atoms with Crippen LogP contribution in [0.3, 0.4) is 0 Å². The molecule has 1 aromatic rings. The Morgan fingerprint density at radius 2 is 1.68 bits per heavy atom. The number of nitrogens with zero attached hydrogens (tertiary/aromatic N) is 1. The lowest BCUT2D eigenvalue weighted by atomic mass is 9.93. The molecule has 1 aromatic carbocycles. The van der Waals surface area contributed by atoms with Crippen LogP contribution in [0.4, 0.5) is 5.69 Å². The molecule has 0 spiro atoms. The molecule has 19 heavy (non-hydrogen) atoms. The summed E-state index contributed by atoms with van der Waals surface area (Å²) in [4.78, 5) is 2.53. The Kier molecular flexibility index (Phi) is 3.91. The predicted molar refractivity (Wildman–Crippen MR) is 83.9 cm³/mol. The molecule has 0 atom stereocenters. The van der Waals surface area contributed by atoms with Crippen LogP contribution < -0.4 is 10.2 Å². The number of hydrogen-bond acceptors (Lipinski definition) is 2. The quantitative estimate of drug-likeness (QED) is 0.876. The van der Waals surface area contributed by atoms with Gasteiger partial charge in [-0.25, -0.2) is 0 Å².